The lowest BCUT2D eigenvalue weighted by atomic mass is 10.0. The molecule has 8 nitrogen and oxygen atoms in total. The summed E-state index contributed by atoms with van der Waals surface area (Å²) in [5.74, 6) is 1.51. The zero-order valence-corrected chi connectivity index (χ0v) is 18.3. The Hall–Kier alpha value is -3.98. The maximum Gasteiger partial charge on any atom is 0.256 e. The Morgan fingerprint density at radius 1 is 1.16 bits per heavy atom. The summed E-state index contributed by atoms with van der Waals surface area (Å²) in [4.78, 5) is 23.2. The Bertz CT molecular complexity index is 1300. The minimum absolute atomic E-state index is 0.232. The van der Waals surface area contributed by atoms with Gasteiger partial charge in [-0.1, -0.05) is 18.2 Å². The van der Waals surface area contributed by atoms with Crippen LogP contribution < -0.4 is 15.4 Å². The van der Waals surface area contributed by atoms with Crippen LogP contribution in [0.2, 0.25) is 0 Å². The molecule has 160 valence electrons. The summed E-state index contributed by atoms with van der Waals surface area (Å²) in [6.07, 6.45) is 3.41. The van der Waals surface area contributed by atoms with Crippen molar-refractivity contribution in [2.24, 2.45) is 0 Å². The summed E-state index contributed by atoms with van der Waals surface area (Å²) in [6.45, 7) is 1.88. The molecule has 1 aromatic carbocycles. The first-order valence-electron chi connectivity index (χ1n) is 9.98. The maximum absolute atomic E-state index is 13.5. The number of nitrogens with one attached hydrogen (secondary N) is 2. The van der Waals surface area contributed by atoms with Gasteiger partial charge >= 0.3 is 0 Å². The average molecular weight is 445 g/mol. The minimum Gasteiger partial charge on any atom is -0.495 e. The number of carbonyl (C=O) groups is 1. The van der Waals surface area contributed by atoms with Crippen LogP contribution in [0.3, 0.4) is 0 Å². The monoisotopic (exact) mass is 444 g/mol. The molecule has 32 heavy (non-hydrogen) atoms. The Morgan fingerprint density at radius 2 is 1.97 bits per heavy atom. The van der Waals surface area contributed by atoms with E-state index in [0.29, 0.717) is 28.8 Å². The molecule has 4 heterocycles. The van der Waals surface area contributed by atoms with Gasteiger partial charge in [0.05, 0.1) is 18.4 Å². The van der Waals surface area contributed by atoms with Crippen LogP contribution in [-0.4, -0.2) is 32.8 Å². The molecule has 0 aliphatic carbocycles. The molecular formula is C23H20N6O2S. The third kappa shape index (κ3) is 3.52. The number of amides is 1. The second-order valence-corrected chi connectivity index (χ2v) is 8.15. The molecule has 0 unspecified atom stereocenters. The van der Waals surface area contributed by atoms with E-state index in [1.54, 1.807) is 35.5 Å². The number of carbonyl (C=O) groups excluding carboxylic acids is 1. The minimum atomic E-state index is -0.413. The van der Waals surface area contributed by atoms with Crippen LogP contribution in [-0.2, 0) is 4.79 Å². The van der Waals surface area contributed by atoms with Crippen molar-refractivity contribution in [3.05, 3.63) is 82.5 Å². The fourth-order valence-electron chi connectivity index (χ4n) is 3.72. The molecular weight excluding hydrogens is 424 g/mol. The number of methoxy groups -OCH3 is 1. The van der Waals surface area contributed by atoms with E-state index in [4.69, 9.17) is 9.84 Å². The van der Waals surface area contributed by atoms with E-state index in [1.165, 1.54) is 0 Å². The molecule has 9 heteroatoms. The Balaban J connectivity index is 1.57. The molecule has 5 rings (SSSR count). The van der Waals surface area contributed by atoms with Crippen molar-refractivity contribution in [3.63, 3.8) is 0 Å². The van der Waals surface area contributed by atoms with E-state index >= 15 is 0 Å². The van der Waals surface area contributed by atoms with Crippen molar-refractivity contribution in [2.45, 2.75) is 13.0 Å². The largest absolute Gasteiger partial charge is 0.495 e. The van der Waals surface area contributed by atoms with Gasteiger partial charge in [0.15, 0.2) is 5.82 Å². The van der Waals surface area contributed by atoms with Gasteiger partial charge in [0.1, 0.15) is 11.8 Å². The summed E-state index contributed by atoms with van der Waals surface area (Å²) in [5.41, 5.74) is 2.74. The highest BCUT2D eigenvalue weighted by atomic mass is 32.1. The molecule has 0 radical (unpaired) electrons. The number of hydrogen-bond acceptors (Lipinski definition) is 7. The van der Waals surface area contributed by atoms with Crippen molar-refractivity contribution >= 4 is 28.9 Å². The van der Waals surface area contributed by atoms with E-state index in [2.05, 4.69) is 20.6 Å². The normalized spacial score (nSPS) is 15.1. The molecule has 0 bridgehead atoms. The van der Waals surface area contributed by atoms with E-state index in [0.717, 1.165) is 16.1 Å². The molecule has 1 aliphatic rings. The number of para-hydroxylation sites is 2. The Labute approximate surface area is 188 Å². The first-order valence-corrected chi connectivity index (χ1v) is 10.9. The molecule has 4 aromatic rings. The van der Waals surface area contributed by atoms with Gasteiger partial charge in [0.25, 0.3) is 5.91 Å². The van der Waals surface area contributed by atoms with Crippen molar-refractivity contribution in [3.8, 4) is 17.1 Å². The van der Waals surface area contributed by atoms with Crippen LogP contribution in [0.4, 0.5) is 11.6 Å². The predicted octanol–water partition coefficient (Wildman–Crippen LogP) is 4.34. The molecule has 1 atom stereocenters. The number of allylic oxidation sites excluding steroid dienone is 1. The average Bonchev–Trinajstić information content (AvgIpc) is 3.49. The Kier molecular flexibility index (Phi) is 5.16. The second kappa shape index (κ2) is 8.27. The molecule has 2 N–H and O–H groups in total. The van der Waals surface area contributed by atoms with Gasteiger partial charge in [-0.3, -0.25) is 9.78 Å². The zero-order valence-electron chi connectivity index (χ0n) is 17.4. The molecule has 1 aliphatic heterocycles. The number of ether oxygens (including phenoxy) is 1. The lowest BCUT2D eigenvalue weighted by Gasteiger charge is -2.27. The van der Waals surface area contributed by atoms with E-state index in [1.807, 2.05) is 60.8 Å². The number of anilines is 2. The highest BCUT2D eigenvalue weighted by Gasteiger charge is 2.35. The quantitative estimate of drug-likeness (QED) is 0.476. The number of nitrogens with zero attached hydrogens (tertiary/aromatic N) is 4. The van der Waals surface area contributed by atoms with Gasteiger partial charge in [0.2, 0.25) is 5.95 Å². The van der Waals surface area contributed by atoms with E-state index in [-0.39, 0.29) is 5.91 Å². The highest BCUT2D eigenvalue weighted by molar-refractivity contribution is 7.10. The summed E-state index contributed by atoms with van der Waals surface area (Å²) >= 11 is 1.57. The van der Waals surface area contributed by atoms with Crippen molar-refractivity contribution < 1.29 is 9.53 Å². The van der Waals surface area contributed by atoms with Gasteiger partial charge in [-0.2, -0.15) is 4.98 Å². The zero-order chi connectivity index (χ0) is 22.1. The van der Waals surface area contributed by atoms with Crippen LogP contribution >= 0.6 is 11.3 Å². The molecule has 3 aromatic heterocycles. The molecule has 1 amide bonds. The fraction of sp³-hybridized carbons (Fsp3) is 0.130. The summed E-state index contributed by atoms with van der Waals surface area (Å²) in [7, 11) is 1.58. The van der Waals surface area contributed by atoms with Crippen LogP contribution in [0.5, 0.6) is 5.75 Å². The Morgan fingerprint density at radius 3 is 2.72 bits per heavy atom. The smallest absolute Gasteiger partial charge is 0.256 e. The van der Waals surface area contributed by atoms with Gasteiger partial charge < -0.3 is 15.4 Å². The van der Waals surface area contributed by atoms with Crippen molar-refractivity contribution in [1.82, 2.24) is 19.7 Å². The van der Waals surface area contributed by atoms with Crippen molar-refractivity contribution in [1.29, 1.82) is 0 Å². The van der Waals surface area contributed by atoms with Crippen LogP contribution in [0.25, 0.3) is 11.4 Å². The first-order chi connectivity index (χ1) is 15.7. The van der Waals surface area contributed by atoms with Crippen LogP contribution in [0, 0.1) is 0 Å². The SMILES string of the molecule is COc1ccccc1NC(=O)C1=C(C)Nc2nc(-c3ccncc3)nn2[C@@H]1c1cccs1. The molecule has 0 saturated carbocycles. The lowest BCUT2D eigenvalue weighted by Crippen LogP contribution is -2.31. The molecule has 0 fully saturated rings. The molecule has 0 spiro atoms. The van der Waals surface area contributed by atoms with Crippen LogP contribution in [0.1, 0.15) is 17.8 Å². The lowest BCUT2D eigenvalue weighted by molar-refractivity contribution is -0.113. The number of aromatic nitrogens is 4. The first kappa shape index (κ1) is 20.0. The maximum atomic E-state index is 13.5. The third-order valence-corrected chi connectivity index (χ3v) is 6.13. The fourth-order valence-corrected chi connectivity index (χ4v) is 4.53. The summed E-state index contributed by atoms with van der Waals surface area (Å²) in [5, 5.41) is 13.0. The predicted molar refractivity (Wildman–Crippen MR) is 124 cm³/mol. The molecule has 0 saturated heterocycles. The highest BCUT2D eigenvalue weighted by Crippen LogP contribution is 2.38. The topological polar surface area (TPSA) is 94.0 Å². The van der Waals surface area contributed by atoms with Crippen LogP contribution in [0.15, 0.2) is 77.6 Å². The number of pyridine rings is 1. The number of thiophene rings is 1. The summed E-state index contributed by atoms with van der Waals surface area (Å²) in [6, 6.07) is 14.6. The van der Waals surface area contributed by atoms with E-state index in [9.17, 15) is 4.79 Å². The van der Waals surface area contributed by atoms with Gasteiger partial charge in [0, 0.05) is 28.5 Å². The number of hydrogen-bond donors (Lipinski definition) is 2. The van der Waals surface area contributed by atoms with Gasteiger partial charge in [-0.05, 0) is 42.6 Å². The third-order valence-electron chi connectivity index (χ3n) is 5.20. The second-order valence-electron chi connectivity index (χ2n) is 7.18. The van der Waals surface area contributed by atoms with Gasteiger partial charge in [-0.25, -0.2) is 4.68 Å². The van der Waals surface area contributed by atoms with E-state index < -0.39 is 6.04 Å². The number of fused-ring (bicyclic) bond motifs is 1. The number of benzene rings is 1. The standard InChI is InChI=1S/C23H20N6O2S/c1-14-19(22(30)26-16-6-3-4-7-17(16)31-2)20(18-8-5-13-32-18)29-23(25-14)27-21(28-29)15-9-11-24-12-10-15/h3-13,20H,1-2H3,(H,26,30)(H,25,27,28)/t20-/m1/s1. The van der Waals surface area contributed by atoms with Gasteiger partial charge in [-0.15, -0.1) is 16.4 Å². The number of rotatable bonds is 5. The summed E-state index contributed by atoms with van der Waals surface area (Å²) < 4.78 is 7.16. The van der Waals surface area contributed by atoms with Crippen molar-refractivity contribution in [2.75, 3.05) is 17.7 Å².